The van der Waals surface area contributed by atoms with Crippen molar-refractivity contribution in [2.24, 2.45) is 0 Å². The molecule has 2 aliphatic heterocycles. The molecular weight excluding hydrogens is 402 g/mol. The van der Waals surface area contributed by atoms with Crippen molar-refractivity contribution in [3.63, 3.8) is 0 Å². The van der Waals surface area contributed by atoms with Crippen LogP contribution in [0.1, 0.15) is 28.4 Å². The Morgan fingerprint density at radius 3 is 2.75 bits per heavy atom. The Bertz CT molecular complexity index is 1310. The summed E-state index contributed by atoms with van der Waals surface area (Å²) in [5.74, 6) is 1.97. The van der Waals surface area contributed by atoms with Gasteiger partial charge in [0.2, 0.25) is 0 Å². The number of imidazole rings is 2. The van der Waals surface area contributed by atoms with Crippen LogP contribution < -0.4 is 5.32 Å². The van der Waals surface area contributed by atoms with Crippen molar-refractivity contribution in [1.82, 2.24) is 29.3 Å². The molecular formula is C24H27N7O. The van der Waals surface area contributed by atoms with E-state index in [2.05, 4.69) is 36.7 Å². The highest BCUT2D eigenvalue weighted by Crippen LogP contribution is 2.24. The number of nitrogens with one attached hydrogen (secondary N) is 2. The van der Waals surface area contributed by atoms with Gasteiger partial charge in [-0.05, 0) is 49.9 Å². The molecule has 2 N–H and O–H groups in total. The second-order valence-corrected chi connectivity index (χ2v) is 8.94. The average molecular weight is 430 g/mol. The summed E-state index contributed by atoms with van der Waals surface area (Å²) in [5.41, 5.74) is 5.27. The second kappa shape index (κ2) is 7.72. The topological polar surface area (TPSA) is 82.1 Å². The first-order chi connectivity index (χ1) is 15.6. The maximum Gasteiger partial charge on any atom is 0.255 e. The number of anilines is 1. The van der Waals surface area contributed by atoms with Crippen molar-refractivity contribution < 1.29 is 4.79 Å². The van der Waals surface area contributed by atoms with E-state index in [-0.39, 0.29) is 5.91 Å². The molecule has 6 rings (SSSR count). The molecule has 4 heterocycles. The van der Waals surface area contributed by atoms with Crippen LogP contribution in [0.4, 0.5) is 5.69 Å². The standard InChI is InChI=1S/C24H27N7O/c1-29-9-11-30(12-10-29)15-22-26-18-7-5-17(14-20(18)27-22)25-24(32)16-4-6-19-21(13-16)31-8-2-3-23(31)28-19/h4-7,13-14H,2-3,8-12,15H2,1H3,(H,25,32)(H,26,27). The van der Waals surface area contributed by atoms with Crippen LogP contribution in [0.25, 0.3) is 22.1 Å². The molecule has 2 aliphatic rings. The van der Waals surface area contributed by atoms with Gasteiger partial charge in [-0.3, -0.25) is 9.69 Å². The van der Waals surface area contributed by atoms with Crippen LogP contribution in [0.3, 0.4) is 0 Å². The van der Waals surface area contributed by atoms with E-state index in [1.807, 2.05) is 36.4 Å². The van der Waals surface area contributed by atoms with Crippen molar-refractivity contribution in [1.29, 1.82) is 0 Å². The molecule has 4 aromatic rings. The van der Waals surface area contributed by atoms with Crippen LogP contribution in [-0.4, -0.2) is 68.5 Å². The molecule has 0 spiro atoms. The quantitative estimate of drug-likeness (QED) is 0.521. The fourth-order valence-corrected chi connectivity index (χ4v) is 4.79. The number of piperazine rings is 1. The van der Waals surface area contributed by atoms with Crippen LogP contribution >= 0.6 is 0 Å². The lowest BCUT2D eigenvalue weighted by Crippen LogP contribution is -2.44. The molecule has 0 bridgehead atoms. The zero-order chi connectivity index (χ0) is 21.7. The number of carbonyl (C=O) groups excluding carboxylic acids is 1. The van der Waals surface area contributed by atoms with Crippen LogP contribution in [0.5, 0.6) is 0 Å². The number of hydrogen-bond donors (Lipinski definition) is 2. The van der Waals surface area contributed by atoms with Gasteiger partial charge in [-0.1, -0.05) is 0 Å². The number of aromatic nitrogens is 4. The molecule has 164 valence electrons. The van der Waals surface area contributed by atoms with Gasteiger partial charge in [-0.25, -0.2) is 9.97 Å². The summed E-state index contributed by atoms with van der Waals surface area (Å²) in [6.07, 6.45) is 2.13. The predicted octanol–water partition coefficient (Wildman–Crippen LogP) is 2.86. The van der Waals surface area contributed by atoms with Crippen molar-refractivity contribution in [2.45, 2.75) is 25.9 Å². The first-order valence-electron chi connectivity index (χ1n) is 11.3. The molecule has 0 saturated carbocycles. The van der Waals surface area contributed by atoms with Gasteiger partial charge in [-0.2, -0.15) is 0 Å². The van der Waals surface area contributed by atoms with E-state index in [9.17, 15) is 4.79 Å². The number of likely N-dealkylation sites (N-methyl/N-ethyl adjacent to an activating group) is 1. The molecule has 2 aromatic carbocycles. The van der Waals surface area contributed by atoms with E-state index in [0.717, 1.165) is 91.5 Å². The SMILES string of the molecule is CN1CCN(Cc2nc3ccc(NC(=O)c4ccc5nc6n(c5c4)CCC6)cc3[nH]2)CC1. The van der Waals surface area contributed by atoms with Crippen molar-refractivity contribution in [3.05, 3.63) is 53.6 Å². The molecule has 8 nitrogen and oxygen atoms in total. The summed E-state index contributed by atoms with van der Waals surface area (Å²) in [6.45, 7) is 6.08. The fourth-order valence-electron chi connectivity index (χ4n) is 4.79. The maximum absolute atomic E-state index is 12.9. The highest BCUT2D eigenvalue weighted by Gasteiger charge is 2.18. The number of fused-ring (bicyclic) bond motifs is 4. The summed E-state index contributed by atoms with van der Waals surface area (Å²) in [7, 11) is 2.16. The van der Waals surface area contributed by atoms with Crippen LogP contribution in [-0.2, 0) is 19.5 Å². The molecule has 32 heavy (non-hydrogen) atoms. The van der Waals surface area contributed by atoms with Gasteiger partial charge < -0.3 is 19.8 Å². The third kappa shape index (κ3) is 3.55. The highest BCUT2D eigenvalue weighted by atomic mass is 16.1. The molecule has 0 aliphatic carbocycles. The van der Waals surface area contributed by atoms with E-state index >= 15 is 0 Å². The minimum absolute atomic E-state index is 0.114. The fraction of sp³-hybridized carbons (Fsp3) is 0.375. The molecule has 0 unspecified atom stereocenters. The number of aryl methyl sites for hydroxylation is 2. The number of aromatic amines is 1. The van der Waals surface area contributed by atoms with Gasteiger partial charge in [0, 0.05) is 50.4 Å². The Morgan fingerprint density at radius 2 is 1.88 bits per heavy atom. The smallest absolute Gasteiger partial charge is 0.255 e. The van der Waals surface area contributed by atoms with Crippen LogP contribution in [0, 0.1) is 0 Å². The van der Waals surface area contributed by atoms with Crippen LogP contribution in [0.15, 0.2) is 36.4 Å². The zero-order valence-electron chi connectivity index (χ0n) is 18.3. The van der Waals surface area contributed by atoms with Crippen molar-refractivity contribution in [2.75, 3.05) is 38.5 Å². The molecule has 0 atom stereocenters. The van der Waals surface area contributed by atoms with Crippen molar-refractivity contribution in [3.8, 4) is 0 Å². The Hall–Kier alpha value is -3.23. The number of carbonyl (C=O) groups is 1. The molecule has 0 radical (unpaired) electrons. The lowest BCUT2D eigenvalue weighted by atomic mass is 10.1. The van der Waals surface area contributed by atoms with Gasteiger partial charge in [0.15, 0.2) is 0 Å². The summed E-state index contributed by atoms with van der Waals surface area (Å²) >= 11 is 0. The Morgan fingerprint density at radius 1 is 1.03 bits per heavy atom. The lowest BCUT2D eigenvalue weighted by Gasteiger charge is -2.31. The number of amides is 1. The number of nitrogens with zero attached hydrogens (tertiary/aromatic N) is 5. The highest BCUT2D eigenvalue weighted by molar-refractivity contribution is 6.06. The van der Waals surface area contributed by atoms with Crippen LogP contribution in [0.2, 0.25) is 0 Å². The van der Waals surface area contributed by atoms with Gasteiger partial charge in [0.05, 0.1) is 28.6 Å². The number of benzene rings is 2. The van der Waals surface area contributed by atoms with E-state index in [0.29, 0.717) is 5.56 Å². The third-order valence-corrected chi connectivity index (χ3v) is 6.63. The normalized spacial score (nSPS) is 17.3. The molecule has 1 amide bonds. The summed E-state index contributed by atoms with van der Waals surface area (Å²) in [4.78, 5) is 30.5. The monoisotopic (exact) mass is 429 g/mol. The largest absolute Gasteiger partial charge is 0.341 e. The number of rotatable bonds is 4. The van der Waals surface area contributed by atoms with Crippen molar-refractivity contribution >= 4 is 33.7 Å². The molecule has 1 fully saturated rings. The minimum Gasteiger partial charge on any atom is -0.341 e. The summed E-state index contributed by atoms with van der Waals surface area (Å²) < 4.78 is 2.23. The molecule has 8 heteroatoms. The van der Waals surface area contributed by atoms with Gasteiger partial charge in [-0.15, -0.1) is 0 Å². The van der Waals surface area contributed by atoms with Gasteiger partial charge >= 0.3 is 0 Å². The Balaban J connectivity index is 1.19. The second-order valence-electron chi connectivity index (χ2n) is 8.94. The minimum atomic E-state index is -0.114. The van der Waals surface area contributed by atoms with E-state index in [1.54, 1.807) is 0 Å². The Kier molecular flexibility index (Phi) is 4.69. The van der Waals surface area contributed by atoms with Gasteiger partial charge in [0.1, 0.15) is 11.6 Å². The third-order valence-electron chi connectivity index (χ3n) is 6.63. The molecule has 2 aromatic heterocycles. The van der Waals surface area contributed by atoms with E-state index < -0.39 is 0 Å². The first kappa shape index (κ1) is 19.5. The molecule has 1 saturated heterocycles. The lowest BCUT2D eigenvalue weighted by molar-refractivity contribution is 0.102. The summed E-state index contributed by atoms with van der Waals surface area (Å²) in [6, 6.07) is 11.6. The number of H-pyrrole nitrogens is 1. The summed E-state index contributed by atoms with van der Waals surface area (Å²) in [5, 5.41) is 3.04. The van der Waals surface area contributed by atoms with E-state index in [1.165, 1.54) is 0 Å². The average Bonchev–Trinajstić information content (AvgIpc) is 3.49. The van der Waals surface area contributed by atoms with E-state index in [4.69, 9.17) is 4.98 Å². The predicted molar refractivity (Wildman–Crippen MR) is 125 cm³/mol. The van der Waals surface area contributed by atoms with Gasteiger partial charge in [0.25, 0.3) is 5.91 Å². The number of hydrogen-bond acceptors (Lipinski definition) is 5. The Labute approximate surface area is 186 Å². The maximum atomic E-state index is 12.9. The zero-order valence-corrected chi connectivity index (χ0v) is 18.3. The first-order valence-corrected chi connectivity index (χ1v) is 11.3.